The Kier molecular flexibility index (Phi) is 41.0. The Labute approximate surface area is 343 Å². The molecule has 0 bridgehead atoms. The van der Waals surface area contributed by atoms with Gasteiger partial charge in [0, 0.05) is 19.4 Å². The fraction of sp³-hybridized carbons (Fsp3) is 0.783. The summed E-state index contributed by atoms with van der Waals surface area (Å²) in [6.07, 6.45) is 48.5. The van der Waals surface area contributed by atoms with Gasteiger partial charge in [-0.1, -0.05) is 178 Å². The van der Waals surface area contributed by atoms with Gasteiger partial charge in [-0.15, -0.1) is 0 Å². The number of ether oxygens (including phenoxy) is 2. The van der Waals surface area contributed by atoms with E-state index in [1.165, 1.54) is 103 Å². The number of hydrogen-bond acceptors (Lipinski definition) is 8. The Balaban J connectivity index is 4.19. The number of unbranched alkanes of at least 4 members (excludes halogenated alkanes) is 21. The first kappa shape index (κ1) is 54.0. The van der Waals surface area contributed by atoms with Gasteiger partial charge in [0.2, 0.25) is 0 Å². The van der Waals surface area contributed by atoms with Crippen LogP contribution in [0.15, 0.2) is 48.6 Å². The Morgan fingerprint density at radius 3 is 1.41 bits per heavy atom. The van der Waals surface area contributed by atoms with Gasteiger partial charge in [0.1, 0.15) is 6.61 Å². The molecule has 0 saturated carbocycles. The minimum Gasteiger partial charge on any atom is -0.462 e. The SMILES string of the molecule is CCCCC/C=C/C/C=C/C/C=C/C/C=C/CCCCCC(=O)OC[C@H](COP(=O)(O)OCCN)OC(=O)CCCCCCCCCCCCCCCCCC. The molecule has 0 aliphatic carbocycles. The summed E-state index contributed by atoms with van der Waals surface area (Å²) in [5.41, 5.74) is 5.35. The quantitative estimate of drug-likeness (QED) is 0.0267. The van der Waals surface area contributed by atoms with E-state index >= 15 is 0 Å². The van der Waals surface area contributed by atoms with Crippen molar-refractivity contribution in [2.24, 2.45) is 5.73 Å². The molecule has 0 fully saturated rings. The summed E-state index contributed by atoms with van der Waals surface area (Å²) in [5, 5.41) is 0. The van der Waals surface area contributed by atoms with E-state index in [2.05, 4.69) is 62.5 Å². The number of carbonyl (C=O) groups excluding carboxylic acids is 2. The summed E-state index contributed by atoms with van der Waals surface area (Å²) in [5.74, 6) is -0.861. The monoisotopic (exact) mass is 810 g/mol. The summed E-state index contributed by atoms with van der Waals surface area (Å²) in [7, 11) is -4.38. The topological polar surface area (TPSA) is 134 Å². The second-order valence-electron chi connectivity index (χ2n) is 14.9. The number of allylic oxidation sites excluding steroid dienone is 8. The van der Waals surface area contributed by atoms with Gasteiger partial charge in [0.15, 0.2) is 6.10 Å². The van der Waals surface area contributed by atoms with Crippen LogP contribution in [-0.2, 0) is 32.7 Å². The number of phosphoric acid groups is 1. The fourth-order valence-electron chi connectivity index (χ4n) is 6.09. The first-order valence-corrected chi connectivity index (χ1v) is 24.1. The van der Waals surface area contributed by atoms with E-state index in [1.807, 2.05) is 0 Å². The predicted molar refractivity (Wildman–Crippen MR) is 233 cm³/mol. The van der Waals surface area contributed by atoms with E-state index in [1.54, 1.807) is 0 Å². The molecule has 0 spiro atoms. The predicted octanol–water partition coefficient (Wildman–Crippen LogP) is 13.1. The Morgan fingerprint density at radius 1 is 0.536 bits per heavy atom. The van der Waals surface area contributed by atoms with Crippen LogP contribution in [0.2, 0.25) is 0 Å². The third-order valence-electron chi connectivity index (χ3n) is 9.47. The van der Waals surface area contributed by atoms with Crippen molar-refractivity contribution >= 4 is 19.8 Å². The van der Waals surface area contributed by atoms with Crippen molar-refractivity contribution in [3.05, 3.63) is 48.6 Å². The van der Waals surface area contributed by atoms with Gasteiger partial charge in [-0.05, 0) is 57.8 Å². The van der Waals surface area contributed by atoms with Gasteiger partial charge in [-0.25, -0.2) is 4.57 Å². The maximum absolute atomic E-state index is 12.6. The average molecular weight is 810 g/mol. The summed E-state index contributed by atoms with van der Waals surface area (Å²) in [6.45, 7) is 3.68. The fourth-order valence-corrected chi connectivity index (χ4v) is 6.85. The summed E-state index contributed by atoms with van der Waals surface area (Å²) in [6, 6.07) is 0. The number of hydrogen-bond donors (Lipinski definition) is 2. The van der Waals surface area contributed by atoms with Crippen LogP contribution >= 0.6 is 7.82 Å². The Morgan fingerprint density at radius 2 is 0.929 bits per heavy atom. The van der Waals surface area contributed by atoms with E-state index in [9.17, 15) is 19.0 Å². The molecule has 0 amide bonds. The van der Waals surface area contributed by atoms with Crippen molar-refractivity contribution < 1.29 is 37.6 Å². The normalized spacial score (nSPS) is 13.7. The van der Waals surface area contributed by atoms with Gasteiger partial charge < -0.3 is 20.1 Å². The van der Waals surface area contributed by atoms with Gasteiger partial charge in [-0.3, -0.25) is 18.6 Å². The van der Waals surface area contributed by atoms with Crippen LogP contribution in [0.5, 0.6) is 0 Å². The van der Waals surface area contributed by atoms with Gasteiger partial charge >= 0.3 is 19.8 Å². The smallest absolute Gasteiger partial charge is 0.462 e. The maximum atomic E-state index is 12.6. The molecule has 0 aromatic rings. The number of rotatable bonds is 42. The summed E-state index contributed by atoms with van der Waals surface area (Å²) < 4.78 is 32.8. The van der Waals surface area contributed by atoms with Crippen LogP contribution in [0.4, 0.5) is 0 Å². The molecular weight excluding hydrogens is 725 g/mol. The molecule has 0 aromatic heterocycles. The van der Waals surface area contributed by atoms with Crippen LogP contribution in [0.1, 0.15) is 200 Å². The van der Waals surface area contributed by atoms with Crippen molar-refractivity contribution in [2.45, 2.75) is 206 Å². The second-order valence-corrected chi connectivity index (χ2v) is 16.4. The molecule has 0 heterocycles. The molecule has 3 N–H and O–H groups in total. The zero-order valence-corrected chi connectivity index (χ0v) is 36.8. The molecule has 56 heavy (non-hydrogen) atoms. The molecule has 0 aliphatic rings. The van der Waals surface area contributed by atoms with Crippen molar-refractivity contribution in [3.63, 3.8) is 0 Å². The minimum absolute atomic E-state index is 0.0484. The highest BCUT2D eigenvalue weighted by Gasteiger charge is 2.26. The maximum Gasteiger partial charge on any atom is 0.472 e. The van der Waals surface area contributed by atoms with Gasteiger partial charge in [0.25, 0.3) is 0 Å². The lowest BCUT2D eigenvalue weighted by atomic mass is 10.0. The molecule has 1 unspecified atom stereocenters. The van der Waals surface area contributed by atoms with Crippen molar-refractivity contribution in [1.29, 1.82) is 0 Å². The summed E-state index contributed by atoms with van der Waals surface area (Å²) >= 11 is 0. The first-order valence-electron chi connectivity index (χ1n) is 22.6. The van der Waals surface area contributed by atoms with Gasteiger partial charge in [0.05, 0.1) is 13.2 Å². The highest BCUT2D eigenvalue weighted by molar-refractivity contribution is 7.47. The molecule has 0 aliphatic heterocycles. The molecule has 326 valence electrons. The van der Waals surface area contributed by atoms with Crippen LogP contribution in [0, 0.1) is 0 Å². The largest absolute Gasteiger partial charge is 0.472 e. The van der Waals surface area contributed by atoms with Crippen molar-refractivity contribution in [2.75, 3.05) is 26.4 Å². The van der Waals surface area contributed by atoms with Gasteiger partial charge in [-0.2, -0.15) is 0 Å². The molecular formula is C46H84NO8P. The van der Waals surface area contributed by atoms with Crippen molar-refractivity contribution in [1.82, 2.24) is 0 Å². The standard InChI is InChI=1S/C46H84NO8P/c1-3-5-7-9-11-13-15-17-19-21-22-23-25-26-28-30-32-34-36-38-45(48)52-42-44(43-54-56(50,51)53-41-40-47)55-46(49)39-37-35-33-31-29-27-24-20-18-16-14-12-10-8-6-4-2/h11,13,17,19,22-23,26,28,44H,3-10,12,14-16,18,20-21,24-25,27,29-43,47H2,1-2H3,(H,50,51)/b13-11+,19-17+,23-22+,28-26+/t44-/m1/s1. The highest BCUT2D eigenvalue weighted by atomic mass is 31.2. The third kappa shape index (κ3) is 41.6. The summed E-state index contributed by atoms with van der Waals surface area (Å²) in [4.78, 5) is 34.9. The highest BCUT2D eigenvalue weighted by Crippen LogP contribution is 2.43. The molecule has 2 atom stereocenters. The Bertz CT molecular complexity index is 1060. The van der Waals surface area contributed by atoms with E-state index in [-0.39, 0.29) is 32.6 Å². The lowest BCUT2D eigenvalue weighted by Crippen LogP contribution is -2.29. The van der Waals surface area contributed by atoms with E-state index in [4.69, 9.17) is 24.3 Å². The van der Waals surface area contributed by atoms with E-state index < -0.39 is 32.5 Å². The zero-order chi connectivity index (χ0) is 41.1. The van der Waals surface area contributed by atoms with E-state index in [0.717, 1.165) is 57.8 Å². The van der Waals surface area contributed by atoms with Crippen LogP contribution in [0.3, 0.4) is 0 Å². The number of esters is 2. The molecule has 0 aromatic carbocycles. The third-order valence-corrected chi connectivity index (χ3v) is 10.5. The molecule has 0 saturated heterocycles. The lowest BCUT2D eigenvalue weighted by Gasteiger charge is -2.19. The zero-order valence-electron chi connectivity index (χ0n) is 35.9. The molecule has 0 radical (unpaired) electrons. The van der Waals surface area contributed by atoms with Crippen LogP contribution in [-0.4, -0.2) is 49.3 Å². The lowest BCUT2D eigenvalue weighted by molar-refractivity contribution is -0.161. The van der Waals surface area contributed by atoms with Crippen LogP contribution in [0.25, 0.3) is 0 Å². The number of nitrogens with two attached hydrogens (primary N) is 1. The van der Waals surface area contributed by atoms with Crippen molar-refractivity contribution in [3.8, 4) is 0 Å². The molecule has 10 heteroatoms. The first-order chi connectivity index (χ1) is 27.3. The molecule has 9 nitrogen and oxygen atoms in total. The Hall–Kier alpha value is -2.03. The molecule has 0 rings (SSSR count). The minimum atomic E-state index is -4.38. The van der Waals surface area contributed by atoms with Crippen LogP contribution < -0.4 is 5.73 Å². The number of phosphoric ester groups is 1. The second kappa shape index (κ2) is 42.6. The number of carbonyl (C=O) groups is 2. The van der Waals surface area contributed by atoms with E-state index in [0.29, 0.717) is 12.8 Å². The average Bonchev–Trinajstić information content (AvgIpc) is 3.18.